The van der Waals surface area contributed by atoms with Gasteiger partial charge in [0.1, 0.15) is 9.90 Å². The fraction of sp³-hybridized carbons (Fsp3) is 0.643. The molecule has 7 heteroatoms. The molecule has 0 amide bonds. The Morgan fingerprint density at radius 3 is 2.48 bits per heavy atom. The Labute approximate surface area is 128 Å². The molecule has 0 unspecified atom stereocenters. The number of Topliss-reactive ketones (excluding diaryl/α,β-unsaturated/α-hetero) is 1. The summed E-state index contributed by atoms with van der Waals surface area (Å²) in [6.45, 7) is 1.60. The van der Waals surface area contributed by atoms with E-state index in [1.165, 1.54) is 11.3 Å². The predicted molar refractivity (Wildman–Crippen MR) is 84.8 cm³/mol. The number of hydrogen-bond donors (Lipinski definition) is 2. The summed E-state index contributed by atoms with van der Waals surface area (Å²) in [6.07, 6.45) is 5.00. The zero-order valence-corrected chi connectivity index (χ0v) is 13.6. The second-order valence-electron chi connectivity index (χ2n) is 5.82. The topological polar surface area (TPSA) is 89.3 Å². The third-order valence-corrected chi connectivity index (χ3v) is 7.29. The lowest BCUT2D eigenvalue weighted by Gasteiger charge is -2.27. The van der Waals surface area contributed by atoms with E-state index in [9.17, 15) is 13.2 Å². The molecule has 0 bridgehead atoms. The van der Waals surface area contributed by atoms with Gasteiger partial charge in [-0.1, -0.05) is 6.92 Å². The zero-order chi connectivity index (χ0) is 15.2. The number of ketones is 1. The lowest BCUT2D eigenvalue weighted by atomic mass is 9.93. The lowest BCUT2D eigenvalue weighted by Crippen LogP contribution is -2.27. The van der Waals surface area contributed by atoms with Crippen LogP contribution in [0.4, 0.5) is 10.7 Å². The van der Waals surface area contributed by atoms with Gasteiger partial charge in [-0.05, 0) is 32.1 Å². The Bertz CT molecular complexity index is 671. The monoisotopic (exact) mass is 328 g/mol. The van der Waals surface area contributed by atoms with E-state index in [-0.39, 0.29) is 28.0 Å². The molecule has 0 saturated heterocycles. The first-order valence-corrected chi connectivity index (χ1v) is 9.86. The van der Waals surface area contributed by atoms with E-state index in [1.54, 1.807) is 6.92 Å². The lowest BCUT2D eigenvalue weighted by molar-refractivity contribution is 0.0972. The average molecular weight is 328 g/mol. The first kappa shape index (κ1) is 14.8. The number of carbonyl (C=O) groups is 1. The summed E-state index contributed by atoms with van der Waals surface area (Å²) in [5, 5.41) is 3.83. The van der Waals surface area contributed by atoms with Gasteiger partial charge in [0.25, 0.3) is 0 Å². The molecule has 1 aromatic heterocycles. The summed E-state index contributed by atoms with van der Waals surface area (Å²) in [5.41, 5.74) is 6.19. The van der Waals surface area contributed by atoms with Crippen LogP contribution in [-0.4, -0.2) is 26.0 Å². The van der Waals surface area contributed by atoms with Gasteiger partial charge < -0.3 is 11.1 Å². The summed E-state index contributed by atoms with van der Waals surface area (Å²) >= 11 is 1.22. The van der Waals surface area contributed by atoms with Gasteiger partial charge in [0.15, 0.2) is 15.6 Å². The molecular weight excluding hydrogens is 308 g/mol. The number of rotatable bonds is 6. The Morgan fingerprint density at radius 1 is 1.33 bits per heavy atom. The average Bonchev–Trinajstić information content (AvgIpc) is 3.18. The SMILES string of the molecule is CCS(=O)(=O)c1c(NC2CCC2)sc(C(=O)C2CC2)c1N. The summed E-state index contributed by atoms with van der Waals surface area (Å²) in [6, 6.07) is 0.303. The second-order valence-corrected chi connectivity index (χ2v) is 9.05. The van der Waals surface area contributed by atoms with Gasteiger partial charge in [0.2, 0.25) is 0 Å². The van der Waals surface area contributed by atoms with Gasteiger partial charge in [-0.3, -0.25) is 4.79 Å². The fourth-order valence-electron chi connectivity index (χ4n) is 2.43. The largest absolute Gasteiger partial charge is 0.396 e. The van der Waals surface area contributed by atoms with Crippen LogP contribution in [0.25, 0.3) is 0 Å². The highest BCUT2D eigenvalue weighted by atomic mass is 32.2. The van der Waals surface area contributed by atoms with Crippen molar-refractivity contribution in [2.75, 3.05) is 16.8 Å². The quantitative estimate of drug-likeness (QED) is 0.784. The molecule has 3 rings (SSSR count). The number of nitrogen functional groups attached to an aromatic ring is 1. The minimum absolute atomic E-state index is 0.00622. The molecule has 2 fully saturated rings. The van der Waals surface area contributed by atoms with Crippen molar-refractivity contribution >= 4 is 37.6 Å². The molecule has 0 aliphatic heterocycles. The number of anilines is 2. The van der Waals surface area contributed by atoms with Crippen LogP contribution < -0.4 is 11.1 Å². The molecular formula is C14H20N2O3S2. The van der Waals surface area contributed by atoms with Crippen molar-refractivity contribution in [3.8, 4) is 0 Å². The van der Waals surface area contributed by atoms with Crippen molar-refractivity contribution in [1.29, 1.82) is 0 Å². The summed E-state index contributed by atoms with van der Waals surface area (Å²) in [4.78, 5) is 12.9. The highest BCUT2D eigenvalue weighted by Gasteiger charge is 2.36. The highest BCUT2D eigenvalue weighted by molar-refractivity contribution is 7.92. The minimum atomic E-state index is -3.44. The molecule has 2 aliphatic rings. The van der Waals surface area contributed by atoms with E-state index in [1.807, 2.05) is 0 Å². The molecule has 0 radical (unpaired) electrons. The Morgan fingerprint density at radius 2 is 2.00 bits per heavy atom. The molecule has 0 atom stereocenters. The van der Waals surface area contributed by atoms with E-state index >= 15 is 0 Å². The Hall–Kier alpha value is -1.08. The van der Waals surface area contributed by atoms with Gasteiger partial charge in [0.05, 0.1) is 16.3 Å². The highest BCUT2D eigenvalue weighted by Crippen LogP contribution is 2.45. The normalized spacial score (nSPS) is 19.3. The van der Waals surface area contributed by atoms with Gasteiger partial charge in [0, 0.05) is 12.0 Å². The summed E-state index contributed by atoms with van der Waals surface area (Å²) < 4.78 is 24.7. The van der Waals surface area contributed by atoms with Crippen LogP contribution in [0.15, 0.2) is 4.90 Å². The first-order valence-electron chi connectivity index (χ1n) is 7.39. The molecule has 116 valence electrons. The van der Waals surface area contributed by atoms with Crippen LogP contribution >= 0.6 is 11.3 Å². The smallest absolute Gasteiger partial charge is 0.183 e. The first-order chi connectivity index (χ1) is 9.94. The number of hydrogen-bond acceptors (Lipinski definition) is 6. The van der Waals surface area contributed by atoms with Crippen LogP contribution in [0.1, 0.15) is 48.7 Å². The molecule has 1 aromatic rings. The molecule has 21 heavy (non-hydrogen) atoms. The molecule has 5 nitrogen and oxygen atoms in total. The third kappa shape index (κ3) is 2.68. The second kappa shape index (κ2) is 5.28. The maximum atomic E-state index is 12.3. The van der Waals surface area contributed by atoms with Crippen LogP contribution in [0.3, 0.4) is 0 Å². The Balaban J connectivity index is 2.03. The number of carbonyl (C=O) groups excluding carboxylic acids is 1. The molecule has 0 aromatic carbocycles. The molecule has 2 saturated carbocycles. The maximum Gasteiger partial charge on any atom is 0.183 e. The number of nitrogens with one attached hydrogen (secondary N) is 1. The standard InChI is InChI=1S/C14H20N2O3S2/c1-2-21(18,19)13-10(15)12(11(17)8-6-7-8)20-14(13)16-9-4-3-5-9/h8-9,16H,2-7,15H2,1H3. The molecule has 3 N–H and O–H groups in total. The van der Waals surface area contributed by atoms with Crippen molar-refractivity contribution in [2.24, 2.45) is 5.92 Å². The van der Waals surface area contributed by atoms with E-state index in [0.717, 1.165) is 32.1 Å². The van der Waals surface area contributed by atoms with E-state index in [2.05, 4.69) is 5.32 Å². The van der Waals surface area contributed by atoms with Crippen LogP contribution in [0, 0.1) is 5.92 Å². The molecule has 1 heterocycles. The van der Waals surface area contributed by atoms with Gasteiger partial charge >= 0.3 is 0 Å². The van der Waals surface area contributed by atoms with Gasteiger partial charge in [-0.25, -0.2) is 8.42 Å². The van der Waals surface area contributed by atoms with Crippen molar-refractivity contribution < 1.29 is 13.2 Å². The molecule has 0 spiro atoms. The van der Waals surface area contributed by atoms with Crippen LogP contribution in [-0.2, 0) is 9.84 Å². The fourth-order valence-corrected chi connectivity index (χ4v) is 5.18. The zero-order valence-electron chi connectivity index (χ0n) is 12.0. The van der Waals surface area contributed by atoms with Crippen molar-refractivity contribution in [1.82, 2.24) is 0 Å². The van der Waals surface area contributed by atoms with Gasteiger partial charge in [-0.15, -0.1) is 11.3 Å². The van der Waals surface area contributed by atoms with Gasteiger partial charge in [-0.2, -0.15) is 0 Å². The summed E-state index contributed by atoms with van der Waals surface area (Å²) in [7, 11) is -3.44. The third-order valence-electron chi connectivity index (χ3n) is 4.20. The number of sulfone groups is 1. The van der Waals surface area contributed by atoms with Crippen molar-refractivity contribution in [3.63, 3.8) is 0 Å². The minimum Gasteiger partial charge on any atom is -0.396 e. The van der Waals surface area contributed by atoms with Crippen LogP contribution in [0.5, 0.6) is 0 Å². The van der Waals surface area contributed by atoms with E-state index in [0.29, 0.717) is 15.9 Å². The van der Waals surface area contributed by atoms with E-state index in [4.69, 9.17) is 5.73 Å². The maximum absolute atomic E-state index is 12.3. The number of nitrogens with two attached hydrogens (primary N) is 1. The summed E-state index contributed by atoms with van der Waals surface area (Å²) in [5.74, 6) is 0.0380. The van der Waals surface area contributed by atoms with Crippen molar-refractivity contribution in [2.45, 2.75) is 50.0 Å². The van der Waals surface area contributed by atoms with Crippen molar-refractivity contribution in [3.05, 3.63) is 4.88 Å². The predicted octanol–water partition coefficient (Wildman–Crippen LogP) is 2.68. The Kier molecular flexibility index (Phi) is 3.73. The molecule has 2 aliphatic carbocycles. The van der Waals surface area contributed by atoms with Crippen LogP contribution in [0.2, 0.25) is 0 Å². The van der Waals surface area contributed by atoms with E-state index < -0.39 is 9.84 Å². The number of thiophene rings is 1.